The van der Waals surface area contributed by atoms with Gasteiger partial charge in [0.05, 0.1) is 12.7 Å². The average molecular weight is 449 g/mol. The number of hydrogen-bond acceptors (Lipinski definition) is 5. The molecular formula is C17H16F5N5O2S. The highest BCUT2D eigenvalue weighted by Gasteiger charge is 2.38. The Kier molecular flexibility index (Phi) is 6.51. The number of alkyl halides is 5. The van der Waals surface area contributed by atoms with Crippen LogP contribution in [0.5, 0.6) is 0 Å². The van der Waals surface area contributed by atoms with E-state index in [0.717, 1.165) is 29.6 Å². The first-order valence-electron chi connectivity index (χ1n) is 8.60. The van der Waals surface area contributed by atoms with Gasteiger partial charge in [0.25, 0.3) is 0 Å². The Morgan fingerprint density at radius 1 is 1.37 bits per heavy atom. The predicted molar refractivity (Wildman–Crippen MR) is 97.2 cm³/mol. The Hall–Kier alpha value is -2.80. The smallest absolute Gasteiger partial charge is 0.475 e. The summed E-state index contributed by atoms with van der Waals surface area (Å²) in [6, 6.07) is 2.19. The lowest BCUT2D eigenvalue weighted by atomic mass is 10.1. The number of halogens is 5. The molecule has 0 radical (unpaired) electrons. The van der Waals surface area contributed by atoms with Gasteiger partial charge < -0.3 is 10.4 Å². The summed E-state index contributed by atoms with van der Waals surface area (Å²) in [6.45, 7) is -0.433. The summed E-state index contributed by atoms with van der Waals surface area (Å²) in [6.07, 6.45) is 2.30. The van der Waals surface area contributed by atoms with Gasteiger partial charge in [0, 0.05) is 47.0 Å². The molecule has 0 amide bonds. The van der Waals surface area contributed by atoms with E-state index >= 15 is 0 Å². The third-order valence-corrected chi connectivity index (χ3v) is 5.45. The fourth-order valence-corrected chi connectivity index (χ4v) is 3.92. The maximum absolute atomic E-state index is 12.9. The largest absolute Gasteiger partial charge is 0.490 e. The summed E-state index contributed by atoms with van der Waals surface area (Å²) in [4.78, 5) is 15.5. The second-order valence-electron chi connectivity index (χ2n) is 6.24. The number of nitrogens with one attached hydrogen (secondary N) is 1. The summed E-state index contributed by atoms with van der Waals surface area (Å²) in [5, 5.41) is 14.8. The molecule has 4 heterocycles. The van der Waals surface area contributed by atoms with Gasteiger partial charge in [-0.1, -0.05) is 0 Å². The van der Waals surface area contributed by atoms with E-state index in [1.807, 2.05) is 6.20 Å². The monoisotopic (exact) mass is 449 g/mol. The van der Waals surface area contributed by atoms with Crippen LogP contribution >= 0.6 is 11.3 Å². The van der Waals surface area contributed by atoms with Crippen LogP contribution in [0.15, 0.2) is 30.9 Å². The number of thiophene rings is 1. The van der Waals surface area contributed by atoms with Crippen molar-refractivity contribution in [2.75, 3.05) is 6.54 Å². The first kappa shape index (κ1) is 21.9. The third-order valence-electron chi connectivity index (χ3n) is 4.16. The van der Waals surface area contributed by atoms with Crippen LogP contribution in [-0.2, 0) is 24.3 Å². The van der Waals surface area contributed by atoms with E-state index in [9.17, 15) is 22.0 Å². The number of fused-ring (bicyclic) bond motifs is 1. The Morgan fingerprint density at radius 3 is 2.73 bits per heavy atom. The van der Waals surface area contributed by atoms with E-state index < -0.39 is 18.7 Å². The molecule has 1 aliphatic heterocycles. The van der Waals surface area contributed by atoms with Gasteiger partial charge in [0.2, 0.25) is 0 Å². The Bertz CT molecular complexity index is 987. The fourth-order valence-electron chi connectivity index (χ4n) is 2.76. The van der Waals surface area contributed by atoms with Crippen molar-refractivity contribution in [2.45, 2.75) is 32.2 Å². The molecule has 0 aliphatic carbocycles. The molecule has 7 nitrogen and oxygen atoms in total. The lowest BCUT2D eigenvalue weighted by Crippen LogP contribution is -2.21. The van der Waals surface area contributed by atoms with Gasteiger partial charge in [-0.25, -0.2) is 9.78 Å². The summed E-state index contributed by atoms with van der Waals surface area (Å²) >= 11 is 1.78. The molecule has 0 bridgehead atoms. The number of nitrogens with zero attached hydrogens (tertiary/aromatic N) is 4. The molecule has 162 valence electrons. The van der Waals surface area contributed by atoms with Gasteiger partial charge in [-0.05, 0) is 18.1 Å². The number of aliphatic carboxylic acids is 1. The zero-order chi connectivity index (χ0) is 21.9. The van der Waals surface area contributed by atoms with Gasteiger partial charge in [-0.2, -0.15) is 27.1 Å². The van der Waals surface area contributed by atoms with Gasteiger partial charge in [-0.15, -0.1) is 11.3 Å². The molecule has 3 aromatic heterocycles. The molecule has 0 aromatic carbocycles. The van der Waals surface area contributed by atoms with Crippen LogP contribution < -0.4 is 5.32 Å². The minimum absolute atomic E-state index is 0.226. The summed E-state index contributed by atoms with van der Waals surface area (Å²) in [7, 11) is 0. The molecule has 3 aromatic rings. The van der Waals surface area contributed by atoms with Gasteiger partial charge in [-0.3, -0.25) is 9.25 Å². The van der Waals surface area contributed by atoms with Gasteiger partial charge in [0.1, 0.15) is 5.82 Å². The number of carboxylic acids is 1. The predicted octanol–water partition coefficient (Wildman–Crippen LogP) is 3.53. The summed E-state index contributed by atoms with van der Waals surface area (Å²) in [5.41, 5.74) is 2.36. The molecule has 2 N–H and O–H groups in total. The number of imidazole rings is 1. The maximum atomic E-state index is 12.9. The highest BCUT2D eigenvalue weighted by molar-refractivity contribution is 7.15. The van der Waals surface area contributed by atoms with Crippen LogP contribution in [-0.4, -0.2) is 43.1 Å². The Balaban J connectivity index is 0.000000318. The van der Waals surface area contributed by atoms with Crippen molar-refractivity contribution in [1.82, 2.24) is 24.6 Å². The molecule has 0 spiro atoms. The van der Waals surface area contributed by atoms with Crippen LogP contribution in [0.1, 0.15) is 22.8 Å². The summed E-state index contributed by atoms with van der Waals surface area (Å²) in [5.74, 6) is -2.46. The van der Waals surface area contributed by atoms with E-state index in [-0.39, 0.29) is 6.54 Å². The fraction of sp³-hybridized carbons (Fsp3) is 0.353. The van der Waals surface area contributed by atoms with E-state index in [1.54, 1.807) is 22.2 Å². The van der Waals surface area contributed by atoms with Crippen molar-refractivity contribution in [1.29, 1.82) is 0 Å². The standard InChI is InChI=1S/C15H15F2N5S.C2HF3O2/c16-15(17)22-4-3-19-14(22)9-21-8-11(7-20-21)13-5-10-6-18-2-1-12(10)23-13;3-2(4,5)1(6)7/h3-5,7-8,15,18H,1-2,6,9H2;(H,6,7). The summed E-state index contributed by atoms with van der Waals surface area (Å²) < 4.78 is 59.9. The highest BCUT2D eigenvalue weighted by atomic mass is 32.1. The van der Waals surface area contributed by atoms with E-state index in [2.05, 4.69) is 21.5 Å². The number of carboxylic acid groups (broad SMARTS) is 1. The minimum atomic E-state index is -5.08. The molecule has 30 heavy (non-hydrogen) atoms. The zero-order valence-electron chi connectivity index (χ0n) is 15.2. The highest BCUT2D eigenvalue weighted by Crippen LogP contribution is 2.33. The molecule has 0 atom stereocenters. The third kappa shape index (κ3) is 5.21. The molecular weight excluding hydrogens is 433 g/mol. The Morgan fingerprint density at radius 2 is 2.10 bits per heavy atom. The minimum Gasteiger partial charge on any atom is -0.475 e. The van der Waals surface area contributed by atoms with E-state index in [4.69, 9.17) is 9.90 Å². The Labute approximate surface area is 170 Å². The molecule has 0 saturated heterocycles. The molecule has 0 fully saturated rings. The SMILES string of the molecule is FC(F)n1ccnc1Cn1cc(-c2cc3c(s2)CCNC3)cn1.O=C(O)C(F)(F)F. The molecule has 1 aliphatic rings. The molecule has 0 unspecified atom stereocenters. The van der Waals surface area contributed by atoms with Crippen LogP contribution in [0.3, 0.4) is 0 Å². The van der Waals surface area contributed by atoms with Crippen molar-refractivity contribution >= 4 is 17.3 Å². The molecule has 4 rings (SSSR count). The molecule has 0 saturated carbocycles. The van der Waals surface area contributed by atoms with Crippen LogP contribution in [0.4, 0.5) is 22.0 Å². The number of aromatic nitrogens is 4. The second kappa shape index (κ2) is 8.92. The van der Waals surface area contributed by atoms with Crippen molar-refractivity contribution in [3.63, 3.8) is 0 Å². The van der Waals surface area contributed by atoms with Crippen molar-refractivity contribution in [3.8, 4) is 10.4 Å². The number of hydrogen-bond donors (Lipinski definition) is 2. The number of carbonyl (C=O) groups is 1. The topological polar surface area (TPSA) is 85.0 Å². The van der Waals surface area contributed by atoms with Gasteiger partial charge >= 0.3 is 18.7 Å². The van der Waals surface area contributed by atoms with Crippen molar-refractivity contribution in [3.05, 3.63) is 47.1 Å². The lowest BCUT2D eigenvalue weighted by molar-refractivity contribution is -0.192. The normalized spacial score (nSPS) is 13.7. The maximum Gasteiger partial charge on any atom is 0.490 e. The first-order valence-corrected chi connectivity index (χ1v) is 9.42. The van der Waals surface area contributed by atoms with Crippen LogP contribution in [0, 0.1) is 0 Å². The van der Waals surface area contributed by atoms with Crippen LogP contribution in [0.25, 0.3) is 10.4 Å². The van der Waals surface area contributed by atoms with Crippen molar-refractivity contribution < 1.29 is 31.9 Å². The lowest BCUT2D eigenvalue weighted by Gasteiger charge is -2.10. The van der Waals surface area contributed by atoms with Gasteiger partial charge in [0.15, 0.2) is 0 Å². The van der Waals surface area contributed by atoms with E-state index in [0.29, 0.717) is 5.82 Å². The quantitative estimate of drug-likeness (QED) is 0.596. The average Bonchev–Trinajstić information content (AvgIpc) is 3.40. The number of rotatable bonds is 4. The van der Waals surface area contributed by atoms with Crippen molar-refractivity contribution in [2.24, 2.45) is 0 Å². The molecule has 13 heteroatoms. The van der Waals surface area contributed by atoms with E-state index in [1.165, 1.54) is 27.7 Å². The second-order valence-corrected chi connectivity index (χ2v) is 7.38. The van der Waals surface area contributed by atoms with Crippen LogP contribution in [0.2, 0.25) is 0 Å². The first-order chi connectivity index (χ1) is 14.1. The zero-order valence-corrected chi connectivity index (χ0v) is 16.1.